The number of hydrogen-bond donors (Lipinski definition) is 0. The zero-order valence-corrected chi connectivity index (χ0v) is 26.8. The molecule has 0 aliphatic heterocycles. The van der Waals surface area contributed by atoms with Gasteiger partial charge in [0.05, 0.1) is 6.61 Å². The number of halogens is 2. The van der Waals surface area contributed by atoms with Gasteiger partial charge in [0.1, 0.15) is 0 Å². The fourth-order valence-corrected chi connectivity index (χ4v) is 8.56. The molecular weight excluding hydrogens is 510 g/mol. The molecule has 0 radical (unpaired) electrons. The minimum atomic E-state index is -0.776. The summed E-state index contributed by atoms with van der Waals surface area (Å²) in [6, 6.07) is 3.47. The number of unbranched alkanes of at least 4 members (excludes halogenated alkanes) is 5. The quantitative estimate of drug-likeness (QED) is 0.179. The lowest BCUT2D eigenvalue weighted by molar-refractivity contribution is 0.140. The van der Waals surface area contributed by atoms with Gasteiger partial charge in [-0.25, -0.2) is 4.39 Å². The van der Waals surface area contributed by atoms with E-state index in [4.69, 9.17) is 4.74 Å². The van der Waals surface area contributed by atoms with Crippen molar-refractivity contribution in [3.63, 3.8) is 0 Å². The number of benzene rings is 1. The standard InChI is InChI=1S/C38H62F2O/c1-3-5-7-8-9-11-30-12-14-32(15-13-30)28-41-36-27-26-35(37(39)38(36)40)25-20-31-18-23-34(24-19-31)33-21-16-29(17-22-33)10-6-4-2/h26-27,29-34H,3-25,28H2,1-2H3. The topological polar surface area (TPSA) is 9.23 Å². The van der Waals surface area contributed by atoms with E-state index in [1.54, 1.807) is 12.1 Å². The SMILES string of the molecule is CCCCCCCC1CCC(COc2ccc(CCC3CCC(C4CCC(CCCC)CC4)CC3)c(F)c2F)CC1. The van der Waals surface area contributed by atoms with Gasteiger partial charge < -0.3 is 4.74 Å². The fourth-order valence-electron chi connectivity index (χ4n) is 8.56. The number of aryl methyl sites for hydroxylation is 1. The van der Waals surface area contributed by atoms with Crippen molar-refractivity contribution in [2.75, 3.05) is 6.61 Å². The van der Waals surface area contributed by atoms with Crippen LogP contribution in [0.5, 0.6) is 5.75 Å². The lowest BCUT2D eigenvalue weighted by Crippen LogP contribution is -2.26. The Kier molecular flexibility index (Phi) is 14.3. The molecule has 3 saturated carbocycles. The molecule has 3 aliphatic carbocycles. The average molecular weight is 573 g/mol. The van der Waals surface area contributed by atoms with Crippen LogP contribution in [0.2, 0.25) is 0 Å². The summed E-state index contributed by atoms with van der Waals surface area (Å²) in [4.78, 5) is 0. The second-order valence-electron chi connectivity index (χ2n) is 14.5. The van der Waals surface area contributed by atoms with Gasteiger partial charge in [0.25, 0.3) is 0 Å². The van der Waals surface area contributed by atoms with E-state index in [-0.39, 0.29) is 5.75 Å². The van der Waals surface area contributed by atoms with Crippen LogP contribution in [-0.2, 0) is 6.42 Å². The molecule has 0 aromatic heterocycles. The third-order valence-corrected chi connectivity index (χ3v) is 11.5. The van der Waals surface area contributed by atoms with Gasteiger partial charge in [-0.05, 0) is 98.5 Å². The molecule has 3 aliphatic rings. The normalized spacial score (nSPS) is 29.0. The van der Waals surface area contributed by atoms with E-state index >= 15 is 0 Å². The van der Waals surface area contributed by atoms with Crippen molar-refractivity contribution in [1.82, 2.24) is 0 Å². The molecule has 0 spiro atoms. The molecule has 0 amide bonds. The minimum Gasteiger partial charge on any atom is -0.490 e. The Morgan fingerprint density at radius 2 is 1.07 bits per heavy atom. The van der Waals surface area contributed by atoms with Crippen molar-refractivity contribution in [2.24, 2.45) is 35.5 Å². The third kappa shape index (κ3) is 10.5. The third-order valence-electron chi connectivity index (χ3n) is 11.5. The van der Waals surface area contributed by atoms with Gasteiger partial charge in [-0.3, -0.25) is 0 Å². The molecule has 1 aromatic carbocycles. The second-order valence-corrected chi connectivity index (χ2v) is 14.5. The van der Waals surface area contributed by atoms with Crippen LogP contribution >= 0.6 is 0 Å². The minimum absolute atomic E-state index is 0.106. The predicted octanol–water partition coefficient (Wildman–Crippen LogP) is 12.2. The van der Waals surface area contributed by atoms with Crippen LogP contribution in [-0.4, -0.2) is 6.61 Å². The summed E-state index contributed by atoms with van der Waals surface area (Å²) in [5.74, 6) is 3.49. The lowest BCUT2D eigenvalue weighted by atomic mass is 9.68. The Labute approximate surface area is 252 Å². The van der Waals surface area contributed by atoms with Gasteiger partial charge in [-0.15, -0.1) is 0 Å². The number of hydrogen-bond acceptors (Lipinski definition) is 1. The predicted molar refractivity (Wildman–Crippen MR) is 169 cm³/mol. The maximum Gasteiger partial charge on any atom is 0.200 e. The van der Waals surface area contributed by atoms with Crippen LogP contribution in [0.25, 0.3) is 0 Å². The van der Waals surface area contributed by atoms with E-state index in [1.807, 2.05) is 0 Å². The summed E-state index contributed by atoms with van der Waals surface area (Å²) in [5.41, 5.74) is 0.529. The monoisotopic (exact) mass is 572 g/mol. The molecule has 0 bridgehead atoms. The summed E-state index contributed by atoms with van der Waals surface area (Å²) in [5, 5.41) is 0. The first kappa shape index (κ1) is 32.8. The molecule has 1 nitrogen and oxygen atoms in total. The Bertz CT molecular complexity index is 844. The fraction of sp³-hybridized carbons (Fsp3) is 0.842. The maximum absolute atomic E-state index is 15.0. The molecule has 234 valence electrons. The Morgan fingerprint density at radius 1 is 0.561 bits per heavy atom. The number of rotatable bonds is 16. The molecule has 0 heterocycles. The summed E-state index contributed by atoms with van der Waals surface area (Å²) in [6.07, 6.45) is 29.8. The summed E-state index contributed by atoms with van der Waals surface area (Å²) in [7, 11) is 0. The zero-order chi connectivity index (χ0) is 28.9. The van der Waals surface area contributed by atoms with Crippen molar-refractivity contribution in [2.45, 2.75) is 162 Å². The molecule has 3 fully saturated rings. The van der Waals surface area contributed by atoms with Crippen molar-refractivity contribution in [3.05, 3.63) is 29.3 Å². The van der Waals surface area contributed by atoms with E-state index in [2.05, 4.69) is 13.8 Å². The second kappa shape index (κ2) is 17.9. The van der Waals surface area contributed by atoms with Crippen LogP contribution in [0.4, 0.5) is 8.78 Å². The van der Waals surface area contributed by atoms with Crippen LogP contribution < -0.4 is 4.74 Å². The van der Waals surface area contributed by atoms with E-state index in [0.717, 1.165) is 42.9 Å². The molecule has 0 saturated heterocycles. The first-order valence-electron chi connectivity index (χ1n) is 18.2. The molecule has 0 unspecified atom stereocenters. The van der Waals surface area contributed by atoms with Gasteiger partial charge in [0.15, 0.2) is 11.6 Å². The summed E-state index contributed by atoms with van der Waals surface area (Å²) in [6.45, 7) is 5.09. The highest BCUT2D eigenvalue weighted by Crippen LogP contribution is 2.43. The lowest BCUT2D eigenvalue weighted by Gasteiger charge is -2.38. The Balaban J connectivity index is 1.11. The first-order valence-corrected chi connectivity index (χ1v) is 18.2. The highest BCUT2D eigenvalue weighted by Gasteiger charge is 2.31. The number of ether oxygens (including phenoxy) is 1. The van der Waals surface area contributed by atoms with Gasteiger partial charge in [-0.2, -0.15) is 4.39 Å². The molecule has 3 heteroatoms. The molecular formula is C38H62F2O. The van der Waals surface area contributed by atoms with Gasteiger partial charge >= 0.3 is 0 Å². The van der Waals surface area contributed by atoms with Gasteiger partial charge in [0.2, 0.25) is 5.82 Å². The zero-order valence-electron chi connectivity index (χ0n) is 26.8. The molecule has 0 atom stereocenters. The largest absolute Gasteiger partial charge is 0.490 e. The van der Waals surface area contributed by atoms with Crippen LogP contribution in [0.1, 0.15) is 161 Å². The average Bonchev–Trinajstić information content (AvgIpc) is 3.01. The van der Waals surface area contributed by atoms with Crippen molar-refractivity contribution in [3.8, 4) is 5.75 Å². The maximum atomic E-state index is 15.0. The molecule has 1 aromatic rings. The molecule has 4 rings (SSSR count). The van der Waals surface area contributed by atoms with Gasteiger partial charge in [0, 0.05) is 0 Å². The Morgan fingerprint density at radius 3 is 1.68 bits per heavy atom. The smallest absolute Gasteiger partial charge is 0.200 e. The van der Waals surface area contributed by atoms with Crippen molar-refractivity contribution in [1.29, 1.82) is 0 Å². The van der Waals surface area contributed by atoms with E-state index in [9.17, 15) is 8.78 Å². The molecule has 41 heavy (non-hydrogen) atoms. The van der Waals surface area contributed by atoms with Gasteiger partial charge in [-0.1, -0.05) is 116 Å². The van der Waals surface area contributed by atoms with Crippen LogP contribution in [0.15, 0.2) is 12.1 Å². The highest BCUT2D eigenvalue weighted by molar-refractivity contribution is 5.31. The van der Waals surface area contributed by atoms with E-state index < -0.39 is 11.6 Å². The summed E-state index contributed by atoms with van der Waals surface area (Å²) < 4.78 is 35.8. The highest BCUT2D eigenvalue weighted by atomic mass is 19.2. The van der Waals surface area contributed by atoms with Crippen LogP contribution in [0.3, 0.4) is 0 Å². The molecule has 0 N–H and O–H groups in total. The van der Waals surface area contributed by atoms with E-state index in [1.165, 1.54) is 122 Å². The van der Waals surface area contributed by atoms with E-state index in [0.29, 0.717) is 30.4 Å². The first-order chi connectivity index (χ1) is 20.1. The summed E-state index contributed by atoms with van der Waals surface area (Å²) >= 11 is 0. The Hall–Kier alpha value is -1.12. The van der Waals surface area contributed by atoms with Crippen molar-refractivity contribution >= 4 is 0 Å². The van der Waals surface area contributed by atoms with Crippen LogP contribution in [0, 0.1) is 47.1 Å². The van der Waals surface area contributed by atoms with Crippen molar-refractivity contribution < 1.29 is 13.5 Å².